The van der Waals surface area contributed by atoms with Crippen molar-refractivity contribution in [2.45, 2.75) is 20.3 Å². The second kappa shape index (κ2) is 8.23. The lowest BCUT2D eigenvalue weighted by Crippen LogP contribution is -2.05. The lowest BCUT2D eigenvalue weighted by molar-refractivity contribution is -0.145. The van der Waals surface area contributed by atoms with Crippen LogP contribution in [0.15, 0.2) is 0 Å². The minimum Gasteiger partial charge on any atom is -0.481 e. The van der Waals surface area contributed by atoms with Crippen molar-refractivity contribution in [3.05, 3.63) is 0 Å². The maximum Gasteiger partial charge on any atom is 0.335 e. The molecule has 0 amide bonds. The Kier molecular flexibility index (Phi) is 9.84. The fourth-order valence-corrected chi connectivity index (χ4v) is 0.205. The van der Waals surface area contributed by atoms with E-state index in [2.05, 4.69) is 16.2 Å². The van der Waals surface area contributed by atoms with Crippen LogP contribution >= 0.6 is 11.9 Å². The predicted octanol–water partition coefficient (Wildman–Crippen LogP) is 1.18. The van der Waals surface area contributed by atoms with Gasteiger partial charge in [0.15, 0.2) is 0 Å². The monoisotopic (exact) mass is 168 g/mol. The normalized spacial score (nSPS) is 7.10. The average Bonchev–Trinajstić information content (AvgIpc) is 1.91. The first-order valence-electron chi connectivity index (χ1n) is 2.70. The van der Waals surface area contributed by atoms with Crippen LogP contribution in [-0.2, 0) is 13.9 Å². The molecule has 0 atom stereocenters. The van der Waals surface area contributed by atoms with Crippen LogP contribution in [0.1, 0.15) is 20.3 Å². The second-order valence-corrected chi connectivity index (χ2v) is 1.17. The van der Waals surface area contributed by atoms with E-state index in [0.717, 1.165) is 0 Å². The van der Waals surface area contributed by atoms with Gasteiger partial charge in [-0.1, -0.05) is 13.8 Å². The van der Waals surface area contributed by atoms with Crippen molar-refractivity contribution in [3.8, 4) is 0 Å². The predicted molar refractivity (Wildman–Crippen MR) is 35.5 cm³/mol. The van der Waals surface area contributed by atoms with Crippen molar-refractivity contribution in [2.75, 3.05) is 0 Å². The van der Waals surface area contributed by atoms with E-state index in [1.54, 1.807) is 0 Å². The van der Waals surface area contributed by atoms with E-state index < -0.39 is 18.4 Å². The van der Waals surface area contributed by atoms with Crippen LogP contribution in [-0.4, -0.2) is 17.0 Å². The molecular weight excluding hydrogens is 160 g/mol. The Morgan fingerprint density at radius 1 is 1.50 bits per heavy atom. The number of hydrogen-bond acceptors (Lipinski definition) is 3. The summed E-state index contributed by atoms with van der Waals surface area (Å²) in [6.45, 7) is 4.00. The highest BCUT2D eigenvalue weighted by Gasteiger charge is 2.06. The number of rotatable bonds is 2. The zero-order valence-electron chi connectivity index (χ0n) is 5.76. The van der Waals surface area contributed by atoms with Gasteiger partial charge in [0.05, 0.1) is 0 Å². The number of carboxylic acid groups (broad SMARTS) is 1. The summed E-state index contributed by atoms with van der Waals surface area (Å²) >= 11 is 4.48. The Balaban J connectivity index is 0. The lowest BCUT2D eigenvalue weighted by Gasteiger charge is -1.86. The molecule has 10 heavy (non-hydrogen) atoms. The Morgan fingerprint density at radius 2 is 1.90 bits per heavy atom. The molecule has 0 unspecified atom stereocenters. The molecule has 0 fully saturated rings. The summed E-state index contributed by atoms with van der Waals surface area (Å²) in [5.74, 6) is -2.21. The van der Waals surface area contributed by atoms with Gasteiger partial charge in [-0.15, -0.1) is 0 Å². The maximum atomic E-state index is 9.89. The molecule has 0 aliphatic heterocycles. The van der Waals surface area contributed by atoms with Crippen LogP contribution < -0.4 is 0 Å². The van der Waals surface area contributed by atoms with Crippen LogP contribution in [0.5, 0.6) is 0 Å². The highest BCUT2D eigenvalue weighted by atomic mass is 35.5. The molecule has 0 aromatic rings. The quantitative estimate of drug-likeness (QED) is 0.629. The molecule has 0 radical (unpaired) electrons. The molecule has 5 heteroatoms. The topological polar surface area (TPSA) is 63.6 Å². The molecule has 4 nitrogen and oxygen atoms in total. The molecule has 0 aromatic heterocycles. The SMILES string of the molecule is CC.O=C(O)CC(=O)OCl. The fourth-order valence-electron chi connectivity index (χ4n) is 0.151. The molecule has 0 saturated heterocycles. The molecule has 0 heterocycles. The molecule has 0 rings (SSSR count). The van der Waals surface area contributed by atoms with Gasteiger partial charge in [-0.05, 0) is 0 Å². The first kappa shape index (κ1) is 12.0. The number of carbonyl (C=O) groups excluding carboxylic acids is 1. The van der Waals surface area contributed by atoms with Gasteiger partial charge in [-0.2, -0.15) is 0 Å². The first-order valence-corrected chi connectivity index (χ1v) is 3.01. The standard InChI is InChI=1S/C3H3ClO4.C2H6/c4-8-3(7)1-2(5)6;1-2/h1H2,(H,5,6);1-2H3. The molecular formula is C5H9ClO4. The van der Waals surface area contributed by atoms with Gasteiger partial charge in [0.25, 0.3) is 0 Å². The Morgan fingerprint density at radius 3 is 2.00 bits per heavy atom. The Labute approximate surface area is 63.9 Å². The van der Waals surface area contributed by atoms with Crippen LogP contribution in [0, 0.1) is 0 Å². The molecule has 0 aliphatic carbocycles. The van der Waals surface area contributed by atoms with Crippen molar-refractivity contribution in [2.24, 2.45) is 0 Å². The molecule has 60 valence electrons. The van der Waals surface area contributed by atoms with E-state index in [0.29, 0.717) is 0 Å². The van der Waals surface area contributed by atoms with E-state index in [9.17, 15) is 9.59 Å². The second-order valence-electron chi connectivity index (χ2n) is 1.02. The lowest BCUT2D eigenvalue weighted by atomic mass is 10.5. The van der Waals surface area contributed by atoms with Crippen LogP contribution in [0.2, 0.25) is 0 Å². The summed E-state index contributed by atoms with van der Waals surface area (Å²) in [6.07, 6.45) is -0.691. The summed E-state index contributed by atoms with van der Waals surface area (Å²) in [6, 6.07) is 0. The summed E-state index contributed by atoms with van der Waals surface area (Å²) in [5.41, 5.74) is 0. The number of hydrogen-bond donors (Lipinski definition) is 1. The van der Waals surface area contributed by atoms with Gasteiger partial charge in [0, 0.05) is 0 Å². The van der Waals surface area contributed by atoms with Gasteiger partial charge < -0.3 is 9.40 Å². The largest absolute Gasteiger partial charge is 0.481 e. The van der Waals surface area contributed by atoms with Gasteiger partial charge in [-0.3, -0.25) is 4.79 Å². The van der Waals surface area contributed by atoms with Crippen LogP contribution in [0.3, 0.4) is 0 Å². The van der Waals surface area contributed by atoms with Crippen LogP contribution in [0.4, 0.5) is 0 Å². The van der Waals surface area contributed by atoms with Gasteiger partial charge >= 0.3 is 11.9 Å². The van der Waals surface area contributed by atoms with E-state index in [4.69, 9.17) is 5.11 Å². The summed E-state index contributed by atoms with van der Waals surface area (Å²) in [7, 11) is 0. The minimum absolute atomic E-state index is 0.691. The Hall–Kier alpha value is -0.770. The van der Waals surface area contributed by atoms with Gasteiger partial charge in [-0.25, -0.2) is 4.79 Å². The molecule has 0 bridgehead atoms. The van der Waals surface area contributed by atoms with Crippen molar-refractivity contribution in [3.63, 3.8) is 0 Å². The summed E-state index contributed by atoms with van der Waals surface area (Å²) < 4.78 is 3.51. The van der Waals surface area contributed by atoms with Gasteiger partial charge in [0.2, 0.25) is 0 Å². The fraction of sp³-hybridized carbons (Fsp3) is 0.600. The minimum atomic E-state index is -1.25. The molecule has 1 N–H and O–H groups in total. The number of aliphatic carboxylic acids is 1. The van der Waals surface area contributed by atoms with Crippen molar-refractivity contribution < 1.29 is 19.0 Å². The Bertz CT molecular complexity index is 112. The smallest absolute Gasteiger partial charge is 0.335 e. The number of carboxylic acids is 1. The highest BCUT2D eigenvalue weighted by molar-refractivity contribution is 6.14. The van der Waals surface area contributed by atoms with Gasteiger partial charge in [0.1, 0.15) is 18.3 Å². The van der Waals surface area contributed by atoms with E-state index in [-0.39, 0.29) is 0 Å². The van der Waals surface area contributed by atoms with E-state index >= 15 is 0 Å². The zero-order valence-corrected chi connectivity index (χ0v) is 6.51. The molecule has 0 spiro atoms. The van der Waals surface area contributed by atoms with Crippen molar-refractivity contribution in [1.29, 1.82) is 0 Å². The van der Waals surface area contributed by atoms with Crippen molar-refractivity contribution in [1.82, 2.24) is 0 Å². The first-order chi connectivity index (χ1) is 4.66. The third kappa shape index (κ3) is 10.3. The van der Waals surface area contributed by atoms with Crippen molar-refractivity contribution >= 4 is 23.8 Å². The van der Waals surface area contributed by atoms with E-state index in [1.807, 2.05) is 13.8 Å². The highest BCUT2D eigenvalue weighted by Crippen LogP contribution is 1.87. The summed E-state index contributed by atoms with van der Waals surface area (Å²) in [4.78, 5) is 19.5. The maximum absolute atomic E-state index is 9.89. The molecule has 0 aliphatic rings. The third-order valence-electron chi connectivity index (χ3n) is 0.382. The molecule has 0 aromatic carbocycles. The average molecular weight is 169 g/mol. The zero-order chi connectivity index (χ0) is 8.57. The molecule has 0 saturated carbocycles. The van der Waals surface area contributed by atoms with Crippen LogP contribution in [0.25, 0.3) is 0 Å². The van der Waals surface area contributed by atoms with E-state index in [1.165, 1.54) is 0 Å². The summed E-state index contributed by atoms with van der Waals surface area (Å²) in [5, 5.41) is 7.86. The third-order valence-corrected chi connectivity index (χ3v) is 0.554. The number of carbonyl (C=O) groups is 2. The number of halogens is 1.